The van der Waals surface area contributed by atoms with E-state index in [1.807, 2.05) is 11.8 Å². The van der Waals surface area contributed by atoms with E-state index in [0.717, 1.165) is 17.9 Å². The van der Waals surface area contributed by atoms with Gasteiger partial charge in [0.05, 0.1) is 0 Å². The summed E-state index contributed by atoms with van der Waals surface area (Å²) in [6.45, 7) is 1.41. The lowest BCUT2D eigenvalue weighted by Crippen LogP contribution is -2.21. The Hall–Kier alpha value is -1.39. The minimum absolute atomic E-state index is 0.487. The molecule has 20 heavy (non-hydrogen) atoms. The molecule has 1 aliphatic heterocycles. The topological polar surface area (TPSA) is 12.0 Å². The third-order valence-electron chi connectivity index (χ3n) is 3.50. The fourth-order valence-electron chi connectivity index (χ4n) is 2.44. The number of benzene rings is 2. The molecule has 2 aromatic carbocycles. The monoisotopic (exact) mass is 291 g/mol. The molecule has 0 fully saturated rings. The van der Waals surface area contributed by atoms with Crippen LogP contribution in [-0.4, -0.2) is 12.3 Å². The smallest absolute Gasteiger partial charge is 0.159 e. The summed E-state index contributed by atoms with van der Waals surface area (Å²) < 4.78 is 25.9. The van der Waals surface area contributed by atoms with Crippen molar-refractivity contribution < 1.29 is 8.78 Å². The minimum Gasteiger partial charge on any atom is -0.312 e. The average Bonchev–Trinajstić information content (AvgIpc) is 2.86. The lowest BCUT2D eigenvalue weighted by molar-refractivity contribution is 0.505. The Morgan fingerprint density at radius 1 is 1.10 bits per heavy atom. The molecule has 0 bridgehead atoms. The van der Waals surface area contributed by atoms with Crippen LogP contribution in [-0.2, 0) is 6.54 Å². The average molecular weight is 291 g/mol. The van der Waals surface area contributed by atoms with E-state index in [9.17, 15) is 8.78 Å². The first-order valence-corrected chi connectivity index (χ1v) is 7.59. The second-order valence-electron chi connectivity index (χ2n) is 4.93. The van der Waals surface area contributed by atoms with E-state index in [1.54, 1.807) is 6.07 Å². The van der Waals surface area contributed by atoms with Crippen molar-refractivity contribution in [3.63, 3.8) is 0 Å². The van der Waals surface area contributed by atoms with Crippen LogP contribution in [0.4, 0.5) is 8.78 Å². The van der Waals surface area contributed by atoms with Crippen LogP contribution in [0.2, 0.25) is 0 Å². The Labute approximate surface area is 121 Å². The molecule has 1 unspecified atom stereocenters. The van der Waals surface area contributed by atoms with E-state index in [-0.39, 0.29) is 0 Å². The minimum atomic E-state index is -0.796. The molecule has 0 spiro atoms. The Bertz CT molecular complexity index is 615. The second-order valence-corrected chi connectivity index (χ2v) is 5.99. The van der Waals surface area contributed by atoms with Gasteiger partial charge < -0.3 is 5.32 Å². The number of halogens is 2. The van der Waals surface area contributed by atoms with Gasteiger partial charge in [0, 0.05) is 29.7 Å². The maximum atomic E-state index is 13.1. The first-order valence-electron chi connectivity index (χ1n) is 6.60. The summed E-state index contributed by atoms with van der Waals surface area (Å²) in [5.74, 6) is -0.0214. The van der Waals surface area contributed by atoms with Crippen molar-refractivity contribution in [3.05, 3.63) is 65.2 Å². The van der Waals surface area contributed by atoms with Crippen molar-refractivity contribution in [1.82, 2.24) is 5.32 Å². The number of hydrogen-bond acceptors (Lipinski definition) is 2. The summed E-state index contributed by atoms with van der Waals surface area (Å²) >= 11 is 1.88. The zero-order chi connectivity index (χ0) is 13.9. The van der Waals surface area contributed by atoms with Crippen molar-refractivity contribution in [3.8, 4) is 0 Å². The van der Waals surface area contributed by atoms with Gasteiger partial charge in [-0.2, -0.15) is 0 Å². The van der Waals surface area contributed by atoms with Gasteiger partial charge in [-0.15, -0.1) is 11.8 Å². The Morgan fingerprint density at radius 3 is 2.80 bits per heavy atom. The van der Waals surface area contributed by atoms with Crippen molar-refractivity contribution in [2.24, 2.45) is 0 Å². The standard InChI is InChI=1S/C16H15F2NS/c17-14-6-5-11(7-15(14)18)8-19-9-12-10-20-16-4-2-1-3-13(12)16/h1-7,12,19H,8-10H2. The van der Waals surface area contributed by atoms with Gasteiger partial charge in [0.25, 0.3) is 0 Å². The SMILES string of the molecule is Fc1ccc(CNCC2CSc3ccccc32)cc1F. The Kier molecular flexibility index (Phi) is 4.03. The van der Waals surface area contributed by atoms with Gasteiger partial charge in [-0.3, -0.25) is 0 Å². The van der Waals surface area contributed by atoms with Gasteiger partial charge in [-0.25, -0.2) is 8.78 Å². The van der Waals surface area contributed by atoms with Crippen LogP contribution in [0.3, 0.4) is 0 Å². The van der Waals surface area contributed by atoms with E-state index >= 15 is 0 Å². The van der Waals surface area contributed by atoms with E-state index in [0.29, 0.717) is 12.5 Å². The molecule has 104 valence electrons. The zero-order valence-corrected chi connectivity index (χ0v) is 11.7. The van der Waals surface area contributed by atoms with Crippen LogP contribution in [0.5, 0.6) is 0 Å². The number of hydrogen-bond donors (Lipinski definition) is 1. The maximum Gasteiger partial charge on any atom is 0.159 e. The van der Waals surface area contributed by atoms with Gasteiger partial charge >= 0.3 is 0 Å². The predicted octanol–water partition coefficient (Wildman–Crippen LogP) is 3.94. The van der Waals surface area contributed by atoms with E-state index in [4.69, 9.17) is 0 Å². The molecule has 0 radical (unpaired) electrons. The lowest BCUT2D eigenvalue weighted by atomic mass is 10.0. The number of fused-ring (bicyclic) bond motifs is 1. The van der Waals surface area contributed by atoms with Crippen LogP contribution in [0.25, 0.3) is 0 Å². The van der Waals surface area contributed by atoms with E-state index in [1.165, 1.54) is 22.6 Å². The highest BCUT2D eigenvalue weighted by Crippen LogP contribution is 2.38. The van der Waals surface area contributed by atoms with Gasteiger partial charge in [-0.05, 0) is 29.3 Å². The molecular weight excluding hydrogens is 276 g/mol. The molecule has 0 aromatic heterocycles. The molecule has 2 aromatic rings. The summed E-state index contributed by atoms with van der Waals surface area (Å²) in [4.78, 5) is 1.35. The predicted molar refractivity (Wildman–Crippen MR) is 78.0 cm³/mol. The van der Waals surface area contributed by atoms with Crippen molar-refractivity contribution in [2.45, 2.75) is 17.4 Å². The number of thioether (sulfide) groups is 1. The molecular formula is C16H15F2NS. The lowest BCUT2D eigenvalue weighted by Gasteiger charge is -2.12. The van der Waals surface area contributed by atoms with Crippen molar-refractivity contribution >= 4 is 11.8 Å². The molecule has 1 heterocycles. The van der Waals surface area contributed by atoms with Crippen LogP contribution in [0.1, 0.15) is 17.0 Å². The Morgan fingerprint density at radius 2 is 1.95 bits per heavy atom. The van der Waals surface area contributed by atoms with Gasteiger partial charge in [0.15, 0.2) is 11.6 Å². The maximum absolute atomic E-state index is 13.1. The fourth-order valence-corrected chi connectivity index (χ4v) is 3.69. The van der Waals surface area contributed by atoms with Gasteiger partial charge in [0.1, 0.15) is 0 Å². The molecule has 4 heteroatoms. The molecule has 3 rings (SSSR count). The van der Waals surface area contributed by atoms with Crippen LogP contribution in [0.15, 0.2) is 47.4 Å². The second kappa shape index (κ2) is 5.94. The largest absolute Gasteiger partial charge is 0.312 e. The summed E-state index contributed by atoms with van der Waals surface area (Å²) in [5, 5.41) is 3.33. The quantitative estimate of drug-likeness (QED) is 0.915. The highest BCUT2D eigenvalue weighted by atomic mass is 32.2. The molecule has 1 N–H and O–H groups in total. The highest BCUT2D eigenvalue weighted by molar-refractivity contribution is 7.99. The third kappa shape index (κ3) is 2.86. The molecule has 1 nitrogen and oxygen atoms in total. The molecule has 1 atom stereocenters. The van der Waals surface area contributed by atoms with Gasteiger partial charge in [0.2, 0.25) is 0 Å². The summed E-state index contributed by atoms with van der Waals surface area (Å²) in [6.07, 6.45) is 0. The van der Waals surface area contributed by atoms with E-state index < -0.39 is 11.6 Å². The molecule has 0 saturated heterocycles. The summed E-state index contributed by atoms with van der Waals surface area (Å²) in [6, 6.07) is 12.5. The normalized spacial score (nSPS) is 17.2. The van der Waals surface area contributed by atoms with Crippen LogP contribution in [0, 0.1) is 11.6 Å². The molecule has 1 aliphatic rings. The highest BCUT2D eigenvalue weighted by Gasteiger charge is 2.21. The first kappa shape index (κ1) is 13.6. The Balaban J connectivity index is 1.57. The number of nitrogens with one attached hydrogen (secondary N) is 1. The first-order chi connectivity index (χ1) is 9.74. The van der Waals surface area contributed by atoms with E-state index in [2.05, 4.69) is 29.6 Å². The zero-order valence-electron chi connectivity index (χ0n) is 10.9. The molecule has 0 aliphatic carbocycles. The van der Waals surface area contributed by atoms with Crippen molar-refractivity contribution in [1.29, 1.82) is 0 Å². The van der Waals surface area contributed by atoms with Crippen molar-refractivity contribution in [2.75, 3.05) is 12.3 Å². The van der Waals surface area contributed by atoms with Crippen LogP contribution < -0.4 is 5.32 Å². The van der Waals surface area contributed by atoms with Crippen LogP contribution >= 0.6 is 11.8 Å². The molecule has 0 amide bonds. The molecule has 0 saturated carbocycles. The third-order valence-corrected chi connectivity index (χ3v) is 4.75. The number of rotatable bonds is 4. The van der Waals surface area contributed by atoms with Gasteiger partial charge in [-0.1, -0.05) is 24.3 Å². The fraction of sp³-hybridized carbons (Fsp3) is 0.250. The summed E-state index contributed by atoms with van der Waals surface area (Å²) in [5.41, 5.74) is 2.15. The summed E-state index contributed by atoms with van der Waals surface area (Å²) in [7, 11) is 0.